The molecule has 9 heteroatoms. The van der Waals surface area contributed by atoms with Crippen LogP contribution in [0.3, 0.4) is 0 Å². The maximum Gasteiger partial charge on any atom is 0.279 e. The van der Waals surface area contributed by atoms with Crippen molar-refractivity contribution in [3.63, 3.8) is 0 Å². The molecule has 0 aromatic carbocycles. The standard InChI is InChI=1S/C9H8Cl2N6O/c1-17-3-4(12)7(16-17)8(18)14-6-2-5(10)13-9(11)15-6/h2-3H,12H2,1H3,(H,13,14,15,18). The van der Waals surface area contributed by atoms with Gasteiger partial charge in [0.25, 0.3) is 5.91 Å². The topological polar surface area (TPSA) is 98.7 Å². The molecule has 0 saturated heterocycles. The number of aryl methyl sites for hydroxylation is 1. The second-order valence-electron chi connectivity index (χ2n) is 3.41. The minimum absolute atomic E-state index is 0.0632. The SMILES string of the molecule is Cn1cc(N)c(C(=O)Nc2cc(Cl)nc(Cl)n2)n1. The van der Waals surface area contributed by atoms with E-state index in [4.69, 9.17) is 28.9 Å². The van der Waals surface area contributed by atoms with Crippen molar-refractivity contribution < 1.29 is 4.79 Å². The molecule has 2 heterocycles. The van der Waals surface area contributed by atoms with Gasteiger partial charge in [0, 0.05) is 19.3 Å². The van der Waals surface area contributed by atoms with Gasteiger partial charge in [-0.2, -0.15) is 5.10 Å². The van der Waals surface area contributed by atoms with E-state index < -0.39 is 5.91 Å². The van der Waals surface area contributed by atoms with Crippen LogP contribution < -0.4 is 11.1 Å². The van der Waals surface area contributed by atoms with Gasteiger partial charge in [-0.3, -0.25) is 9.48 Å². The smallest absolute Gasteiger partial charge is 0.279 e. The molecule has 0 bridgehead atoms. The molecule has 0 spiro atoms. The van der Waals surface area contributed by atoms with E-state index >= 15 is 0 Å². The molecule has 0 aliphatic carbocycles. The zero-order valence-electron chi connectivity index (χ0n) is 9.19. The van der Waals surface area contributed by atoms with Gasteiger partial charge in [-0.25, -0.2) is 9.97 Å². The van der Waals surface area contributed by atoms with Crippen molar-refractivity contribution in [1.29, 1.82) is 0 Å². The molecule has 94 valence electrons. The highest BCUT2D eigenvalue weighted by Crippen LogP contribution is 2.16. The summed E-state index contributed by atoms with van der Waals surface area (Å²) < 4.78 is 1.43. The second-order valence-corrected chi connectivity index (χ2v) is 4.13. The van der Waals surface area contributed by atoms with E-state index in [1.54, 1.807) is 7.05 Å². The third-order valence-corrected chi connectivity index (χ3v) is 2.34. The monoisotopic (exact) mass is 286 g/mol. The summed E-state index contributed by atoms with van der Waals surface area (Å²) in [6.45, 7) is 0. The van der Waals surface area contributed by atoms with Crippen molar-refractivity contribution >= 4 is 40.6 Å². The van der Waals surface area contributed by atoms with Gasteiger partial charge >= 0.3 is 0 Å². The molecule has 0 unspecified atom stereocenters. The Balaban J connectivity index is 2.23. The first kappa shape index (κ1) is 12.6. The average Bonchev–Trinajstić information content (AvgIpc) is 2.56. The lowest BCUT2D eigenvalue weighted by Crippen LogP contribution is -2.15. The Morgan fingerprint density at radius 3 is 2.72 bits per heavy atom. The Morgan fingerprint density at radius 2 is 2.17 bits per heavy atom. The average molecular weight is 287 g/mol. The van der Waals surface area contributed by atoms with Gasteiger partial charge in [0.05, 0.1) is 5.69 Å². The lowest BCUT2D eigenvalue weighted by atomic mass is 10.3. The number of nitrogens with two attached hydrogens (primary N) is 1. The molecule has 0 fully saturated rings. The van der Waals surface area contributed by atoms with Crippen molar-refractivity contribution in [2.24, 2.45) is 7.05 Å². The molecule has 0 atom stereocenters. The molecule has 1 amide bonds. The Hall–Kier alpha value is -1.86. The van der Waals surface area contributed by atoms with Crippen LogP contribution in [0.5, 0.6) is 0 Å². The number of nitrogens with zero attached hydrogens (tertiary/aromatic N) is 4. The number of hydrogen-bond acceptors (Lipinski definition) is 5. The fraction of sp³-hybridized carbons (Fsp3) is 0.111. The van der Waals surface area contributed by atoms with Crippen LogP contribution in [0.2, 0.25) is 10.4 Å². The van der Waals surface area contributed by atoms with Crippen LogP contribution in [0.1, 0.15) is 10.5 Å². The first-order valence-electron chi connectivity index (χ1n) is 4.76. The number of anilines is 2. The number of nitrogen functional groups attached to an aromatic ring is 1. The van der Waals surface area contributed by atoms with E-state index in [9.17, 15) is 4.79 Å². The van der Waals surface area contributed by atoms with E-state index in [-0.39, 0.29) is 27.6 Å². The maximum atomic E-state index is 11.9. The largest absolute Gasteiger partial charge is 0.396 e. The summed E-state index contributed by atoms with van der Waals surface area (Å²) in [7, 11) is 1.66. The Kier molecular flexibility index (Phi) is 3.35. The normalized spacial score (nSPS) is 10.4. The third-order valence-electron chi connectivity index (χ3n) is 1.98. The molecule has 0 aliphatic heterocycles. The molecule has 0 radical (unpaired) electrons. The first-order chi connectivity index (χ1) is 8.45. The van der Waals surface area contributed by atoms with Gasteiger partial charge in [0.1, 0.15) is 11.0 Å². The molecule has 3 N–H and O–H groups in total. The molecule has 0 aliphatic rings. The van der Waals surface area contributed by atoms with Crippen LogP contribution in [0.4, 0.5) is 11.5 Å². The van der Waals surface area contributed by atoms with E-state index in [1.807, 2.05) is 0 Å². The molecule has 2 rings (SSSR count). The quantitative estimate of drug-likeness (QED) is 0.641. The summed E-state index contributed by atoms with van der Waals surface area (Å²) in [5.74, 6) is -0.325. The lowest BCUT2D eigenvalue weighted by molar-refractivity contribution is 0.102. The highest BCUT2D eigenvalue weighted by atomic mass is 35.5. The number of halogens is 2. The molecule has 2 aromatic heterocycles. The number of nitrogens with one attached hydrogen (secondary N) is 1. The highest BCUT2D eigenvalue weighted by molar-refractivity contribution is 6.32. The van der Waals surface area contributed by atoms with Gasteiger partial charge in [-0.1, -0.05) is 11.6 Å². The number of aromatic nitrogens is 4. The molecule has 18 heavy (non-hydrogen) atoms. The molecule has 7 nitrogen and oxygen atoms in total. The number of hydrogen-bond donors (Lipinski definition) is 2. The fourth-order valence-electron chi connectivity index (χ4n) is 1.31. The zero-order chi connectivity index (χ0) is 13.3. The van der Waals surface area contributed by atoms with E-state index in [0.717, 1.165) is 0 Å². The summed E-state index contributed by atoms with van der Waals surface area (Å²) in [6.07, 6.45) is 1.52. The summed E-state index contributed by atoms with van der Waals surface area (Å²) in [5, 5.41) is 6.46. The summed E-state index contributed by atoms with van der Waals surface area (Å²) in [5.41, 5.74) is 5.99. The minimum Gasteiger partial charge on any atom is -0.396 e. The predicted octanol–water partition coefficient (Wildman–Crippen LogP) is 1.35. The molecular weight excluding hydrogens is 279 g/mol. The fourth-order valence-corrected chi connectivity index (χ4v) is 1.72. The van der Waals surface area contributed by atoms with Crippen molar-refractivity contribution in [1.82, 2.24) is 19.7 Å². The van der Waals surface area contributed by atoms with Gasteiger partial charge in [0.2, 0.25) is 5.28 Å². The van der Waals surface area contributed by atoms with Crippen LogP contribution in [0.15, 0.2) is 12.3 Å². The van der Waals surface area contributed by atoms with Crippen molar-refractivity contribution in [3.8, 4) is 0 Å². The van der Waals surface area contributed by atoms with E-state index in [1.165, 1.54) is 16.9 Å². The van der Waals surface area contributed by atoms with Gasteiger partial charge in [0.15, 0.2) is 5.69 Å². The van der Waals surface area contributed by atoms with E-state index in [0.29, 0.717) is 0 Å². The number of rotatable bonds is 2. The van der Waals surface area contributed by atoms with Gasteiger partial charge in [-0.15, -0.1) is 0 Å². The number of carbonyl (C=O) groups is 1. The summed E-state index contributed by atoms with van der Waals surface area (Å²) >= 11 is 11.3. The number of carbonyl (C=O) groups excluding carboxylic acids is 1. The van der Waals surface area contributed by atoms with Gasteiger partial charge < -0.3 is 11.1 Å². The van der Waals surface area contributed by atoms with Crippen LogP contribution >= 0.6 is 23.2 Å². The van der Waals surface area contributed by atoms with E-state index in [2.05, 4.69) is 20.4 Å². The lowest BCUT2D eigenvalue weighted by Gasteiger charge is -2.03. The minimum atomic E-state index is -0.501. The Bertz CT molecular complexity index is 591. The molecule has 0 saturated carbocycles. The molecule has 2 aromatic rings. The van der Waals surface area contributed by atoms with Crippen LogP contribution in [0, 0.1) is 0 Å². The molecular formula is C9H8Cl2N6O. The van der Waals surface area contributed by atoms with Crippen molar-refractivity contribution in [3.05, 3.63) is 28.4 Å². The Labute approximate surface area is 112 Å². The van der Waals surface area contributed by atoms with Crippen LogP contribution in [-0.4, -0.2) is 25.7 Å². The van der Waals surface area contributed by atoms with Crippen molar-refractivity contribution in [2.75, 3.05) is 11.1 Å². The van der Waals surface area contributed by atoms with Crippen LogP contribution in [0.25, 0.3) is 0 Å². The third kappa shape index (κ3) is 2.69. The highest BCUT2D eigenvalue weighted by Gasteiger charge is 2.15. The maximum absolute atomic E-state index is 11.9. The predicted molar refractivity (Wildman–Crippen MR) is 67.6 cm³/mol. The summed E-state index contributed by atoms with van der Waals surface area (Å²) in [6, 6.07) is 1.37. The Morgan fingerprint density at radius 1 is 1.44 bits per heavy atom. The zero-order valence-corrected chi connectivity index (χ0v) is 10.7. The van der Waals surface area contributed by atoms with Crippen LogP contribution in [-0.2, 0) is 7.05 Å². The van der Waals surface area contributed by atoms with Crippen molar-refractivity contribution in [2.45, 2.75) is 0 Å². The van der Waals surface area contributed by atoms with Gasteiger partial charge in [-0.05, 0) is 11.6 Å². The summed E-state index contributed by atoms with van der Waals surface area (Å²) in [4.78, 5) is 19.3. The second kappa shape index (κ2) is 4.79. The number of amides is 1. The first-order valence-corrected chi connectivity index (χ1v) is 5.52.